The number of halogens is 1. The molecule has 122 valence electrons. The van der Waals surface area contributed by atoms with Crippen LogP contribution in [0.25, 0.3) is 12.2 Å². The molecule has 1 amide bonds. The maximum absolute atomic E-state index is 12.8. The summed E-state index contributed by atoms with van der Waals surface area (Å²) in [7, 11) is 0. The number of H-pyrrole nitrogens is 1. The third-order valence-corrected chi connectivity index (χ3v) is 3.67. The standard InChI is InChI=1S/C16H19FN4OS/c1-11(2)9-18-15(22)10-23-16-19-14(20-21-16)8-5-12-3-6-13(17)7-4-12/h3-8,11H,9-10H2,1-2H3,(H,18,22)(H,19,20,21)/b8-5+. The third kappa shape index (κ3) is 6.23. The average Bonchev–Trinajstić information content (AvgIpc) is 2.98. The summed E-state index contributed by atoms with van der Waals surface area (Å²) in [6.07, 6.45) is 3.56. The van der Waals surface area contributed by atoms with Crippen molar-refractivity contribution < 1.29 is 9.18 Å². The van der Waals surface area contributed by atoms with E-state index in [9.17, 15) is 9.18 Å². The summed E-state index contributed by atoms with van der Waals surface area (Å²) in [5, 5.41) is 10.2. The Balaban J connectivity index is 1.83. The average molecular weight is 334 g/mol. The lowest BCUT2D eigenvalue weighted by Gasteiger charge is -2.05. The number of benzene rings is 1. The molecule has 1 heterocycles. The van der Waals surface area contributed by atoms with E-state index in [1.54, 1.807) is 18.2 Å². The minimum absolute atomic E-state index is 0.0306. The molecule has 7 heteroatoms. The molecule has 1 aromatic carbocycles. The van der Waals surface area contributed by atoms with Crippen molar-refractivity contribution in [3.63, 3.8) is 0 Å². The second kappa shape index (κ2) is 8.47. The minimum Gasteiger partial charge on any atom is -0.355 e. The van der Waals surface area contributed by atoms with Gasteiger partial charge < -0.3 is 5.32 Å². The molecule has 2 aromatic rings. The highest BCUT2D eigenvalue weighted by Gasteiger charge is 2.07. The SMILES string of the molecule is CC(C)CNC(=O)CSc1n[nH]c(/C=C/c2ccc(F)cc2)n1. The molecule has 2 N–H and O–H groups in total. The Morgan fingerprint density at radius 3 is 2.78 bits per heavy atom. The molecule has 1 aromatic heterocycles. The van der Waals surface area contributed by atoms with Gasteiger partial charge in [0.15, 0.2) is 0 Å². The van der Waals surface area contributed by atoms with Crippen molar-refractivity contribution >= 4 is 29.8 Å². The van der Waals surface area contributed by atoms with Gasteiger partial charge in [0.1, 0.15) is 11.6 Å². The molecule has 0 aliphatic heterocycles. The molecule has 0 spiro atoms. The molecule has 23 heavy (non-hydrogen) atoms. The number of hydrogen-bond acceptors (Lipinski definition) is 4. The first-order chi connectivity index (χ1) is 11.0. The van der Waals surface area contributed by atoms with E-state index in [1.807, 2.05) is 19.9 Å². The van der Waals surface area contributed by atoms with Crippen molar-refractivity contribution in [2.75, 3.05) is 12.3 Å². The first kappa shape index (κ1) is 17.2. The van der Waals surface area contributed by atoms with Gasteiger partial charge in [0, 0.05) is 6.54 Å². The Morgan fingerprint density at radius 1 is 1.35 bits per heavy atom. The Bertz CT molecular complexity index is 667. The molecule has 0 fully saturated rings. The van der Waals surface area contributed by atoms with Gasteiger partial charge in [-0.1, -0.05) is 43.8 Å². The summed E-state index contributed by atoms with van der Waals surface area (Å²) < 4.78 is 12.8. The predicted molar refractivity (Wildman–Crippen MR) is 90.3 cm³/mol. The van der Waals surface area contributed by atoms with E-state index >= 15 is 0 Å². The molecular formula is C16H19FN4OS. The number of amides is 1. The normalized spacial score (nSPS) is 11.3. The number of aromatic amines is 1. The van der Waals surface area contributed by atoms with E-state index in [4.69, 9.17) is 0 Å². The van der Waals surface area contributed by atoms with E-state index in [2.05, 4.69) is 20.5 Å². The summed E-state index contributed by atoms with van der Waals surface area (Å²) in [5.41, 5.74) is 0.866. The Kier molecular flexibility index (Phi) is 6.34. The van der Waals surface area contributed by atoms with Gasteiger partial charge in [-0.25, -0.2) is 9.37 Å². The molecule has 2 rings (SSSR count). The number of carbonyl (C=O) groups is 1. The van der Waals surface area contributed by atoms with Crippen LogP contribution in [0.3, 0.4) is 0 Å². The fraction of sp³-hybridized carbons (Fsp3) is 0.312. The molecule has 5 nitrogen and oxygen atoms in total. The number of aromatic nitrogens is 3. The van der Waals surface area contributed by atoms with Crippen molar-refractivity contribution in [2.24, 2.45) is 5.92 Å². The first-order valence-corrected chi connectivity index (χ1v) is 8.27. The summed E-state index contributed by atoms with van der Waals surface area (Å²) in [6, 6.07) is 6.15. The molecule has 0 saturated carbocycles. The number of carbonyl (C=O) groups excluding carboxylic acids is 1. The molecule has 0 atom stereocenters. The zero-order chi connectivity index (χ0) is 16.7. The van der Waals surface area contributed by atoms with E-state index in [0.717, 1.165) is 5.56 Å². The van der Waals surface area contributed by atoms with E-state index < -0.39 is 0 Å². The maximum atomic E-state index is 12.8. The lowest BCUT2D eigenvalue weighted by atomic mass is 10.2. The fourth-order valence-corrected chi connectivity index (χ4v) is 2.28. The number of hydrogen-bond donors (Lipinski definition) is 2. The fourth-order valence-electron chi connectivity index (χ4n) is 1.65. The molecule has 0 aliphatic carbocycles. The molecule has 0 saturated heterocycles. The van der Waals surface area contributed by atoms with Gasteiger partial charge in [-0.2, -0.15) is 0 Å². The summed E-state index contributed by atoms with van der Waals surface area (Å²) in [5.74, 6) is 0.995. The molecule has 0 bridgehead atoms. The minimum atomic E-state index is -0.267. The van der Waals surface area contributed by atoms with E-state index in [0.29, 0.717) is 23.4 Å². The first-order valence-electron chi connectivity index (χ1n) is 7.28. The molecule has 0 unspecified atom stereocenters. The Labute approximate surface area is 138 Å². The smallest absolute Gasteiger partial charge is 0.230 e. The van der Waals surface area contributed by atoms with Crippen molar-refractivity contribution in [2.45, 2.75) is 19.0 Å². The zero-order valence-electron chi connectivity index (χ0n) is 13.0. The lowest BCUT2D eigenvalue weighted by molar-refractivity contribution is -0.118. The van der Waals surface area contributed by atoms with Gasteiger partial charge in [-0.3, -0.25) is 9.89 Å². The van der Waals surface area contributed by atoms with Crippen LogP contribution >= 0.6 is 11.8 Å². The van der Waals surface area contributed by atoms with Crippen molar-refractivity contribution in [3.8, 4) is 0 Å². The van der Waals surface area contributed by atoms with E-state index in [1.165, 1.54) is 23.9 Å². The van der Waals surface area contributed by atoms with Crippen LogP contribution in [0.2, 0.25) is 0 Å². The summed E-state index contributed by atoms with van der Waals surface area (Å²) in [6.45, 7) is 4.75. The number of thioether (sulfide) groups is 1. The van der Waals surface area contributed by atoms with Crippen molar-refractivity contribution in [3.05, 3.63) is 41.5 Å². The topological polar surface area (TPSA) is 70.7 Å². The van der Waals surface area contributed by atoms with Crippen LogP contribution in [0.5, 0.6) is 0 Å². The number of rotatable bonds is 7. The van der Waals surface area contributed by atoms with Gasteiger partial charge in [-0.15, -0.1) is 5.10 Å². The van der Waals surface area contributed by atoms with Gasteiger partial charge in [0.25, 0.3) is 0 Å². The van der Waals surface area contributed by atoms with Crippen LogP contribution in [-0.2, 0) is 4.79 Å². The summed E-state index contributed by atoms with van der Waals surface area (Å²) in [4.78, 5) is 15.9. The third-order valence-electron chi connectivity index (χ3n) is 2.83. The lowest BCUT2D eigenvalue weighted by Crippen LogP contribution is -2.28. The van der Waals surface area contributed by atoms with Gasteiger partial charge in [-0.05, 0) is 29.7 Å². The highest BCUT2D eigenvalue weighted by molar-refractivity contribution is 7.99. The van der Waals surface area contributed by atoms with Crippen LogP contribution < -0.4 is 5.32 Å². The second-order valence-corrected chi connectivity index (χ2v) is 6.32. The van der Waals surface area contributed by atoms with Gasteiger partial charge >= 0.3 is 0 Å². The van der Waals surface area contributed by atoms with Gasteiger partial charge in [0.2, 0.25) is 11.1 Å². The quantitative estimate of drug-likeness (QED) is 0.764. The Hall–Kier alpha value is -2.15. The highest BCUT2D eigenvalue weighted by Crippen LogP contribution is 2.13. The molecule has 0 radical (unpaired) electrons. The number of nitrogens with zero attached hydrogens (tertiary/aromatic N) is 2. The maximum Gasteiger partial charge on any atom is 0.230 e. The summed E-state index contributed by atoms with van der Waals surface area (Å²) >= 11 is 1.28. The monoisotopic (exact) mass is 334 g/mol. The van der Waals surface area contributed by atoms with Crippen molar-refractivity contribution in [1.29, 1.82) is 0 Å². The van der Waals surface area contributed by atoms with E-state index in [-0.39, 0.29) is 17.5 Å². The van der Waals surface area contributed by atoms with Crippen LogP contribution in [0.4, 0.5) is 4.39 Å². The van der Waals surface area contributed by atoms with Crippen LogP contribution in [0.1, 0.15) is 25.2 Å². The zero-order valence-corrected chi connectivity index (χ0v) is 13.9. The largest absolute Gasteiger partial charge is 0.355 e. The molecular weight excluding hydrogens is 315 g/mol. The Morgan fingerprint density at radius 2 is 2.09 bits per heavy atom. The highest BCUT2D eigenvalue weighted by atomic mass is 32.2. The molecule has 0 aliphatic rings. The van der Waals surface area contributed by atoms with Crippen LogP contribution in [-0.4, -0.2) is 33.4 Å². The van der Waals surface area contributed by atoms with Crippen LogP contribution in [0.15, 0.2) is 29.4 Å². The van der Waals surface area contributed by atoms with Crippen molar-refractivity contribution in [1.82, 2.24) is 20.5 Å². The second-order valence-electron chi connectivity index (χ2n) is 5.37. The van der Waals surface area contributed by atoms with Crippen LogP contribution in [0, 0.1) is 11.7 Å². The van der Waals surface area contributed by atoms with Gasteiger partial charge in [0.05, 0.1) is 5.75 Å². The predicted octanol–water partition coefficient (Wildman–Crippen LogP) is 2.98. The number of nitrogens with one attached hydrogen (secondary N) is 2.